The molecule has 0 amide bonds. The molecular formula is C16H19FN2. The van der Waals surface area contributed by atoms with Crippen molar-refractivity contribution >= 4 is 11.4 Å². The standard InChI is InChI=1S/C16H19FN2/c1-3-19(15-10-5-4-7-12(15)2)11-13-8-6-9-14(18)16(13)17/h4-10H,3,11,18H2,1-2H3. The first-order chi connectivity index (χ1) is 9.13. The lowest BCUT2D eigenvalue weighted by Gasteiger charge is -2.25. The number of halogens is 1. The zero-order valence-corrected chi connectivity index (χ0v) is 11.4. The van der Waals surface area contributed by atoms with Crippen molar-refractivity contribution in [3.63, 3.8) is 0 Å². The Bertz CT molecular complexity index is 566. The van der Waals surface area contributed by atoms with Crippen LogP contribution in [0.2, 0.25) is 0 Å². The molecule has 0 atom stereocenters. The van der Waals surface area contributed by atoms with Crippen molar-refractivity contribution < 1.29 is 4.39 Å². The molecule has 3 heteroatoms. The van der Waals surface area contributed by atoms with E-state index < -0.39 is 0 Å². The van der Waals surface area contributed by atoms with Crippen LogP contribution < -0.4 is 10.6 Å². The van der Waals surface area contributed by atoms with E-state index in [2.05, 4.69) is 30.9 Å². The quantitative estimate of drug-likeness (QED) is 0.846. The number of rotatable bonds is 4. The first-order valence-electron chi connectivity index (χ1n) is 6.47. The number of nitrogen functional groups attached to an aromatic ring is 1. The zero-order valence-electron chi connectivity index (χ0n) is 11.4. The summed E-state index contributed by atoms with van der Waals surface area (Å²) in [5.74, 6) is -0.311. The number of hydrogen-bond donors (Lipinski definition) is 1. The van der Waals surface area contributed by atoms with E-state index in [0.717, 1.165) is 12.2 Å². The topological polar surface area (TPSA) is 29.3 Å². The predicted octanol–water partition coefficient (Wildman–Crippen LogP) is 3.74. The lowest BCUT2D eigenvalue weighted by molar-refractivity contribution is 0.610. The molecule has 0 aliphatic carbocycles. The highest BCUT2D eigenvalue weighted by Gasteiger charge is 2.11. The van der Waals surface area contributed by atoms with Crippen molar-refractivity contribution in [2.75, 3.05) is 17.2 Å². The Hall–Kier alpha value is -2.03. The Morgan fingerprint density at radius 2 is 1.84 bits per heavy atom. The van der Waals surface area contributed by atoms with Gasteiger partial charge in [0.05, 0.1) is 5.69 Å². The summed E-state index contributed by atoms with van der Waals surface area (Å²) < 4.78 is 14.0. The first kappa shape index (κ1) is 13.4. The molecule has 2 N–H and O–H groups in total. The van der Waals surface area contributed by atoms with Gasteiger partial charge in [0.25, 0.3) is 0 Å². The third-order valence-corrected chi connectivity index (χ3v) is 3.31. The fourth-order valence-corrected chi connectivity index (χ4v) is 2.21. The number of anilines is 2. The summed E-state index contributed by atoms with van der Waals surface area (Å²) in [5.41, 5.74) is 8.77. The van der Waals surface area contributed by atoms with Gasteiger partial charge in [-0.25, -0.2) is 4.39 Å². The van der Waals surface area contributed by atoms with Crippen molar-refractivity contribution in [1.82, 2.24) is 0 Å². The number of hydrogen-bond acceptors (Lipinski definition) is 2. The van der Waals surface area contributed by atoms with E-state index in [4.69, 9.17) is 5.73 Å². The Morgan fingerprint density at radius 1 is 1.11 bits per heavy atom. The van der Waals surface area contributed by atoms with Gasteiger partial charge in [-0.1, -0.05) is 30.3 Å². The average molecular weight is 258 g/mol. The van der Waals surface area contributed by atoms with E-state index in [1.807, 2.05) is 12.1 Å². The van der Waals surface area contributed by atoms with Gasteiger partial charge in [0, 0.05) is 24.3 Å². The van der Waals surface area contributed by atoms with Crippen LogP contribution in [0.5, 0.6) is 0 Å². The van der Waals surface area contributed by atoms with Gasteiger partial charge in [-0.3, -0.25) is 0 Å². The number of nitrogens with zero attached hydrogens (tertiary/aromatic N) is 1. The summed E-state index contributed by atoms with van der Waals surface area (Å²) in [7, 11) is 0. The van der Waals surface area contributed by atoms with E-state index >= 15 is 0 Å². The Labute approximate surface area is 113 Å². The average Bonchev–Trinajstić information content (AvgIpc) is 2.41. The summed E-state index contributed by atoms with van der Waals surface area (Å²) >= 11 is 0. The molecule has 0 fully saturated rings. The Morgan fingerprint density at radius 3 is 2.53 bits per heavy atom. The van der Waals surface area contributed by atoms with Gasteiger partial charge in [0.2, 0.25) is 0 Å². The van der Waals surface area contributed by atoms with E-state index in [1.165, 1.54) is 5.56 Å². The number of nitrogens with two attached hydrogens (primary N) is 1. The van der Waals surface area contributed by atoms with Crippen molar-refractivity contribution in [2.24, 2.45) is 0 Å². The monoisotopic (exact) mass is 258 g/mol. The molecule has 0 aliphatic heterocycles. The first-order valence-corrected chi connectivity index (χ1v) is 6.47. The van der Waals surface area contributed by atoms with Crippen molar-refractivity contribution in [2.45, 2.75) is 20.4 Å². The molecule has 0 saturated carbocycles. The molecule has 2 nitrogen and oxygen atoms in total. The molecule has 0 saturated heterocycles. The molecule has 0 heterocycles. The van der Waals surface area contributed by atoms with Crippen LogP contribution in [-0.4, -0.2) is 6.54 Å². The van der Waals surface area contributed by atoms with Gasteiger partial charge in [-0.2, -0.15) is 0 Å². The van der Waals surface area contributed by atoms with E-state index in [0.29, 0.717) is 12.1 Å². The van der Waals surface area contributed by atoms with Crippen LogP contribution in [0.1, 0.15) is 18.1 Å². The molecule has 2 aromatic rings. The number of para-hydroxylation sites is 1. The molecule has 2 rings (SSSR count). The minimum atomic E-state index is -0.311. The molecule has 0 unspecified atom stereocenters. The largest absolute Gasteiger partial charge is 0.396 e. The van der Waals surface area contributed by atoms with E-state index in [1.54, 1.807) is 18.2 Å². The van der Waals surface area contributed by atoms with Crippen molar-refractivity contribution in [3.05, 3.63) is 59.4 Å². The van der Waals surface area contributed by atoms with Gasteiger partial charge in [0.15, 0.2) is 5.82 Å². The van der Waals surface area contributed by atoms with Crippen LogP contribution >= 0.6 is 0 Å². The van der Waals surface area contributed by atoms with Gasteiger partial charge in [0.1, 0.15) is 0 Å². The van der Waals surface area contributed by atoms with Gasteiger partial charge in [-0.05, 0) is 31.5 Å². The van der Waals surface area contributed by atoms with E-state index in [9.17, 15) is 4.39 Å². The summed E-state index contributed by atoms with van der Waals surface area (Å²) in [6, 6.07) is 13.3. The number of aryl methyl sites for hydroxylation is 1. The number of benzene rings is 2. The highest BCUT2D eigenvalue weighted by atomic mass is 19.1. The maximum Gasteiger partial charge on any atom is 0.151 e. The Balaban J connectivity index is 2.30. The summed E-state index contributed by atoms with van der Waals surface area (Å²) in [4.78, 5) is 2.15. The van der Waals surface area contributed by atoms with Gasteiger partial charge in [-0.15, -0.1) is 0 Å². The van der Waals surface area contributed by atoms with Crippen LogP contribution in [-0.2, 0) is 6.54 Å². The van der Waals surface area contributed by atoms with Crippen molar-refractivity contribution in [1.29, 1.82) is 0 Å². The fraction of sp³-hybridized carbons (Fsp3) is 0.250. The maximum absolute atomic E-state index is 14.0. The van der Waals surface area contributed by atoms with Crippen LogP contribution in [0.15, 0.2) is 42.5 Å². The van der Waals surface area contributed by atoms with Crippen LogP contribution in [0.4, 0.5) is 15.8 Å². The molecule has 0 aromatic heterocycles. The molecular weight excluding hydrogens is 239 g/mol. The molecule has 0 spiro atoms. The molecule has 0 aliphatic rings. The third-order valence-electron chi connectivity index (χ3n) is 3.31. The van der Waals surface area contributed by atoms with Gasteiger partial charge < -0.3 is 10.6 Å². The molecule has 100 valence electrons. The normalized spacial score (nSPS) is 10.5. The van der Waals surface area contributed by atoms with Crippen LogP contribution in [0, 0.1) is 12.7 Å². The highest BCUT2D eigenvalue weighted by Crippen LogP contribution is 2.23. The lowest BCUT2D eigenvalue weighted by atomic mass is 10.1. The second-order valence-electron chi connectivity index (χ2n) is 4.62. The minimum absolute atomic E-state index is 0.207. The molecule has 0 radical (unpaired) electrons. The lowest BCUT2D eigenvalue weighted by Crippen LogP contribution is -2.23. The molecule has 19 heavy (non-hydrogen) atoms. The minimum Gasteiger partial charge on any atom is -0.396 e. The smallest absolute Gasteiger partial charge is 0.151 e. The molecule has 0 bridgehead atoms. The second kappa shape index (κ2) is 5.74. The summed E-state index contributed by atoms with van der Waals surface area (Å²) in [6.45, 7) is 5.47. The van der Waals surface area contributed by atoms with Crippen LogP contribution in [0.25, 0.3) is 0 Å². The van der Waals surface area contributed by atoms with Gasteiger partial charge >= 0.3 is 0 Å². The van der Waals surface area contributed by atoms with Crippen LogP contribution in [0.3, 0.4) is 0 Å². The maximum atomic E-state index is 14.0. The van der Waals surface area contributed by atoms with E-state index in [-0.39, 0.29) is 11.5 Å². The summed E-state index contributed by atoms with van der Waals surface area (Å²) in [6.07, 6.45) is 0. The summed E-state index contributed by atoms with van der Waals surface area (Å²) in [5, 5.41) is 0. The second-order valence-corrected chi connectivity index (χ2v) is 4.62. The Kier molecular flexibility index (Phi) is 4.05. The predicted molar refractivity (Wildman–Crippen MR) is 78.7 cm³/mol. The third kappa shape index (κ3) is 2.87. The highest BCUT2D eigenvalue weighted by molar-refractivity contribution is 5.54. The SMILES string of the molecule is CCN(Cc1cccc(N)c1F)c1ccccc1C. The molecule has 2 aromatic carbocycles. The fourth-order valence-electron chi connectivity index (χ4n) is 2.21. The zero-order chi connectivity index (χ0) is 13.8. The van der Waals surface area contributed by atoms with Crippen molar-refractivity contribution in [3.8, 4) is 0 Å².